The summed E-state index contributed by atoms with van der Waals surface area (Å²) in [5.74, 6) is 0.186. The monoisotopic (exact) mass is 505 g/mol. The molecule has 188 valence electrons. The molecule has 0 aliphatic carbocycles. The summed E-state index contributed by atoms with van der Waals surface area (Å²) < 4.78 is 13.5. The lowest BCUT2D eigenvalue weighted by atomic mass is 10.0. The van der Waals surface area contributed by atoms with E-state index < -0.39 is 0 Å². The Morgan fingerprint density at radius 3 is 2.55 bits per heavy atom. The van der Waals surface area contributed by atoms with Crippen molar-refractivity contribution in [3.63, 3.8) is 0 Å². The minimum Gasteiger partial charge on any atom is -0.335 e. The number of fused-ring (bicyclic) bond motifs is 2. The molecule has 0 fully saturated rings. The highest BCUT2D eigenvalue weighted by Crippen LogP contribution is 2.33. The van der Waals surface area contributed by atoms with E-state index in [1.807, 2.05) is 38.1 Å². The zero-order valence-corrected chi connectivity index (χ0v) is 20.8. The quantitative estimate of drug-likeness (QED) is 0.244. The molecule has 0 saturated carbocycles. The number of rotatable bonds is 6. The lowest BCUT2D eigenvalue weighted by Gasteiger charge is -2.11. The van der Waals surface area contributed by atoms with Gasteiger partial charge in [-0.25, -0.2) is 9.37 Å². The smallest absolute Gasteiger partial charge is 0.227 e. The molecule has 0 radical (unpaired) electrons. The molecule has 3 N–H and O–H groups in total. The molecule has 4 aromatic heterocycles. The number of benzene rings is 2. The van der Waals surface area contributed by atoms with E-state index in [1.54, 1.807) is 36.9 Å². The molecule has 1 atom stereocenters. The predicted octanol–water partition coefficient (Wildman–Crippen LogP) is 6.35. The van der Waals surface area contributed by atoms with Crippen LogP contribution in [0.4, 0.5) is 10.1 Å². The van der Waals surface area contributed by atoms with Crippen molar-refractivity contribution in [2.75, 3.05) is 5.32 Å². The Hall–Kier alpha value is -4.92. The zero-order chi connectivity index (χ0) is 26.2. The first-order chi connectivity index (χ1) is 18.5. The molecule has 6 aromatic rings. The maximum Gasteiger partial charge on any atom is 0.227 e. The average Bonchev–Trinajstić information content (AvgIpc) is 3.57. The second-order valence-electron chi connectivity index (χ2n) is 9.27. The number of aromatic nitrogens is 6. The molecule has 0 aliphatic heterocycles. The van der Waals surface area contributed by atoms with E-state index >= 15 is 0 Å². The van der Waals surface area contributed by atoms with Gasteiger partial charge in [-0.1, -0.05) is 32.0 Å². The topological polar surface area (TPSA) is 112 Å². The first kappa shape index (κ1) is 23.5. The van der Waals surface area contributed by atoms with Crippen LogP contribution in [0.5, 0.6) is 0 Å². The van der Waals surface area contributed by atoms with Gasteiger partial charge >= 0.3 is 0 Å². The summed E-state index contributed by atoms with van der Waals surface area (Å²) in [6.07, 6.45) is 7.61. The van der Waals surface area contributed by atoms with Gasteiger partial charge in [-0.3, -0.25) is 19.9 Å². The number of nitrogens with zero attached hydrogens (tertiary/aromatic N) is 4. The van der Waals surface area contributed by atoms with Crippen LogP contribution in [-0.4, -0.2) is 36.0 Å². The van der Waals surface area contributed by atoms with E-state index in [0.29, 0.717) is 17.2 Å². The number of carbonyl (C=O) groups is 1. The summed E-state index contributed by atoms with van der Waals surface area (Å²) >= 11 is 0. The maximum atomic E-state index is 13.5. The van der Waals surface area contributed by atoms with Gasteiger partial charge < -0.3 is 10.3 Å². The molecule has 8 nitrogen and oxygen atoms in total. The van der Waals surface area contributed by atoms with Crippen LogP contribution >= 0.6 is 0 Å². The third-order valence-electron chi connectivity index (χ3n) is 6.74. The molecule has 0 spiro atoms. The summed E-state index contributed by atoms with van der Waals surface area (Å²) in [5, 5.41) is 11.4. The highest BCUT2D eigenvalue weighted by molar-refractivity contribution is 5.98. The number of H-pyrrole nitrogens is 2. The van der Waals surface area contributed by atoms with Crippen molar-refractivity contribution in [3.8, 4) is 33.8 Å². The van der Waals surface area contributed by atoms with Crippen LogP contribution in [0, 0.1) is 11.7 Å². The van der Waals surface area contributed by atoms with Crippen LogP contribution in [0.15, 0.2) is 73.3 Å². The molecular weight excluding hydrogens is 481 g/mol. The van der Waals surface area contributed by atoms with Crippen LogP contribution in [0.1, 0.15) is 20.3 Å². The fraction of sp³-hybridized carbons (Fsp3) is 0.138. The first-order valence-electron chi connectivity index (χ1n) is 12.3. The van der Waals surface area contributed by atoms with Crippen molar-refractivity contribution in [3.05, 3.63) is 79.1 Å². The van der Waals surface area contributed by atoms with E-state index in [-0.39, 0.29) is 17.6 Å². The largest absolute Gasteiger partial charge is 0.335 e. The standard InChI is InChI=1S/C29H24FN7O/c1-3-16(2)29(38)33-21-10-19(12-31-13-21)18-6-9-24-22(11-18)27(37-36-24)28-34-25-15-32-14-23(26(25)35-28)17-4-7-20(30)8-5-17/h4-16H,3H2,1-2H3,(H,33,38)(H,34,35)(H,36,37). The van der Waals surface area contributed by atoms with Gasteiger partial charge in [-0.15, -0.1) is 0 Å². The van der Waals surface area contributed by atoms with Gasteiger partial charge in [0.2, 0.25) is 5.91 Å². The Kier molecular flexibility index (Phi) is 5.88. The highest BCUT2D eigenvalue weighted by atomic mass is 19.1. The van der Waals surface area contributed by atoms with Gasteiger partial charge in [-0.2, -0.15) is 5.10 Å². The lowest BCUT2D eigenvalue weighted by Crippen LogP contribution is -2.19. The van der Waals surface area contributed by atoms with Gasteiger partial charge in [0.25, 0.3) is 0 Å². The summed E-state index contributed by atoms with van der Waals surface area (Å²) in [5.41, 5.74) is 7.07. The normalized spacial score (nSPS) is 12.2. The van der Waals surface area contributed by atoms with Gasteiger partial charge in [0.15, 0.2) is 5.82 Å². The van der Waals surface area contributed by atoms with E-state index in [2.05, 4.69) is 30.5 Å². The number of aromatic amines is 2. The van der Waals surface area contributed by atoms with Gasteiger partial charge in [-0.05, 0) is 47.9 Å². The third-order valence-corrected chi connectivity index (χ3v) is 6.74. The summed E-state index contributed by atoms with van der Waals surface area (Å²) in [6.45, 7) is 3.89. The van der Waals surface area contributed by atoms with E-state index in [1.165, 1.54) is 12.1 Å². The van der Waals surface area contributed by atoms with Crippen LogP contribution in [0.2, 0.25) is 0 Å². The fourth-order valence-electron chi connectivity index (χ4n) is 4.38. The number of amides is 1. The number of carbonyl (C=O) groups excluding carboxylic acids is 1. The molecule has 4 heterocycles. The Balaban J connectivity index is 1.39. The number of hydrogen-bond donors (Lipinski definition) is 3. The lowest BCUT2D eigenvalue weighted by molar-refractivity contribution is -0.119. The Bertz CT molecular complexity index is 1790. The maximum absolute atomic E-state index is 13.5. The molecule has 6 rings (SSSR count). The second kappa shape index (κ2) is 9.51. The van der Waals surface area contributed by atoms with Crippen molar-refractivity contribution >= 4 is 33.5 Å². The van der Waals surface area contributed by atoms with E-state index in [4.69, 9.17) is 4.98 Å². The Morgan fingerprint density at radius 2 is 1.74 bits per heavy atom. The molecule has 9 heteroatoms. The van der Waals surface area contributed by atoms with Crippen LogP contribution < -0.4 is 5.32 Å². The second-order valence-corrected chi connectivity index (χ2v) is 9.27. The van der Waals surface area contributed by atoms with Gasteiger partial charge in [0.05, 0.1) is 34.6 Å². The fourth-order valence-corrected chi connectivity index (χ4v) is 4.38. The zero-order valence-electron chi connectivity index (χ0n) is 20.8. The van der Waals surface area contributed by atoms with Gasteiger partial charge in [0.1, 0.15) is 11.5 Å². The Labute approximate surface area is 217 Å². The van der Waals surface area contributed by atoms with Crippen molar-refractivity contribution in [1.29, 1.82) is 0 Å². The van der Waals surface area contributed by atoms with Crippen LogP contribution in [0.25, 0.3) is 55.7 Å². The van der Waals surface area contributed by atoms with Crippen molar-refractivity contribution in [2.24, 2.45) is 5.92 Å². The minimum atomic E-state index is -0.297. The summed E-state index contributed by atoms with van der Waals surface area (Å²) in [7, 11) is 0. The SMILES string of the molecule is CCC(C)C(=O)Nc1cncc(-c2ccc3[nH]nc(-c4nc5c(-c6ccc(F)cc6)cncc5[nH]4)c3c2)c1. The van der Waals surface area contributed by atoms with Crippen LogP contribution in [-0.2, 0) is 4.79 Å². The molecule has 1 amide bonds. The van der Waals surface area contributed by atoms with Crippen LogP contribution in [0.3, 0.4) is 0 Å². The summed E-state index contributed by atoms with van der Waals surface area (Å²) in [6, 6.07) is 14.1. The molecule has 38 heavy (non-hydrogen) atoms. The first-order valence-corrected chi connectivity index (χ1v) is 12.3. The molecule has 0 bridgehead atoms. The number of hydrogen-bond acceptors (Lipinski definition) is 5. The van der Waals surface area contributed by atoms with E-state index in [0.717, 1.165) is 50.6 Å². The number of halogens is 1. The Morgan fingerprint density at radius 1 is 0.947 bits per heavy atom. The predicted molar refractivity (Wildman–Crippen MR) is 146 cm³/mol. The van der Waals surface area contributed by atoms with Crippen molar-refractivity contribution < 1.29 is 9.18 Å². The molecule has 1 unspecified atom stereocenters. The average molecular weight is 506 g/mol. The highest BCUT2D eigenvalue weighted by Gasteiger charge is 2.17. The number of imidazole rings is 1. The number of nitrogens with one attached hydrogen (secondary N) is 3. The van der Waals surface area contributed by atoms with Crippen molar-refractivity contribution in [1.82, 2.24) is 30.1 Å². The third kappa shape index (κ3) is 4.28. The molecular formula is C29H24FN7O. The van der Waals surface area contributed by atoms with Crippen molar-refractivity contribution in [2.45, 2.75) is 20.3 Å². The molecule has 2 aromatic carbocycles. The molecule has 0 saturated heterocycles. The number of anilines is 1. The minimum absolute atomic E-state index is 0.0293. The van der Waals surface area contributed by atoms with Gasteiger partial charge in [0, 0.05) is 34.8 Å². The summed E-state index contributed by atoms with van der Waals surface area (Å²) in [4.78, 5) is 29.2. The van der Waals surface area contributed by atoms with E-state index in [9.17, 15) is 9.18 Å². The number of pyridine rings is 2. The molecule has 0 aliphatic rings.